The van der Waals surface area contributed by atoms with Crippen LogP contribution >= 0.6 is 0 Å². The maximum atomic E-state index is 13.1. The monoisotopic (exact) mass is 379 g/mol. The van der Waals surface area contributed by atoms with Gasteiger partial charge in [0.25, 0.3) is 5.91 Å². The molecule has 1 amide bonds. The number of likely N-dealkylation sites (tertiary alicyclic amines) is 1. The van der Waals surface area contributed by atoms with Crippen LogP contribution in [0.2, 0.25) is 0 Å². The number of oxazole rings is 1. The predicted octanol–water partition coefficient (Wildman–Crippen LogP) is 4.48. The summed E-state index contributed by atoms with van der Waals surface area (Å²) in [6.45, 7) is 2.54. The zero-order valence-electron chi connectivity index (χ0n) is 15.8. The lowest BCUT2D eigenvalue weighted by molar-refractivity contribution is 0.0563. The second-order valence-electron chi connectivity index (χ2n) is 7.14. The highest BCUT2D eigenvalue weighted by molar-refractivity contribution is 5.92. The maximum absolute atomic E-state index is 13.1. The summed E-state index contributed by atoms with van der Waals surface area (Å²) >= 11 is 0. The van der Waals surface area contributed by atoms with Crippen molar-refractivity contribution < 1.29 is 13.6 Å². The van der Waals surface area contributed by atoms with Gasteiger partial charge in [0.1, 0.15) is 23.3 Å². The summed E-state index contributed by atoms with van der Waals surface area (Å²) in [7, 11) is 0. The van der Waals surface area contributed by atoms with E-state index in [2.05, 4.69) is 9.97 Å². The molecule has 1 saturated heterocycles. The van der Waals surface area contributed by atoms with Crippen LogP contribution in [0.5, 0.6) is 0 Å². The quantitative estimate of drug-likeness (QED) is 0.671. The number of carbonyl (C=O) groups excluding carboxylic acids is 1. The second kappa shape index (κ2) is 7.92. The van der Waals surface area contributed by atoms with Crippen molar-refractivity contribution >= 4 is 5.91 Å². The van der Waals surface area contributed by atoms with Gasteiger partial charge in [-0.1, -0.05) is 18.2 Å². The smallest absolute Gasteiger partial charge is 0.273 e. The van der Waals surface area contributed by atoms with Crippen LogP contribution in [0.1, 0.15) is 58.7 Å². The van der Waals surface area contributed by atoms with Gasteiger partial charge in [0.15, 0.2) is 0 Å². The number of amides is 1. The molecule has 1 fully saturated rings. The third-order valence-electron chi connectivity index (χ3n) is 5.02. The van der Waals surface area contributed by atoms with Gasteiger partial charge in [0.05, 0.1) is 6.20 Å². The lowest BCUT2D eigenvalue weighted by Gasteiger charge is -2.33. The Morgan fingerprint density at radius 3 is 2.82 bits per heavy atom. The Morgan fingerprint density at radius 2 is 2.04 bits per heavy atom. The molecule has 1 aliphatic rings. The van der Waals surface area contributed by atoms with Crippen molar-refractivity contribution in [3.05, 3.63) is 83.1 Å². The average molecular weight is 379 g/mol. The fourth-order valence-electron chi connectivity index (χ4n) is 3.60. The van der Waals surface area contributed by atoms with Gasteiger partial charge in [-0.15, -0.1) is 0 Å². The van der Waals surface area contributed by atoms with E-state index in [4.69, 9.17) is 4.42 Å². The topological polar surface area (TPSA) is 59.2 Å². The van der Waals surface area contributed by atoms with E-state index in [9.17, 15) is 9.18 Å². The van der Waals surface area contributed by atoms with Crippen molar-refractivity contribution in [1.29, 1.82) is 0 Å². The molecule has 1 unspecified atom stereocenters. The molecule has 0 bridgehead atoms. The van der Waals surface area contributed by atoms with E-state index in [0.717, 1.165) is 30.5 Å². The molecule has 3 heterocycles. The van der Waals surface area contributed by atoms with Crippen molar-refractivity contribution in [3.8, 4) is 0 Å². The minimum absolute atomic E-state index is 0.0910. The third-order valence-corrected chi connectivity index (χ3v) is 5.02. The van der Waals surface area contributed by atoms with Crippen molar-refractivity contribution in [3.63, 3.8) is 0 Å². The molecule has 0 N–H and O–H groups in total. The largest absolute Gasteiger partial charge is 0.443 e. The molecule has 0 spiro atoms. The predicted molar refractivity (Wildman–Crippen MR) is 102 cm³/mol. The molecule has 6 heteroatoms. The first-order chi connectivity index (χ1) is 13.6. The van der Waals surface area contributed by atoms with E-state index in [1.165, 1.54) is 12.1 Å². The van der Waals surface area contributed by atoms with Crippen molar-refractivity contribution in [2.24, 2.45) is 0 Å². The van der Waals surface area contributed by atoms with Gasteiger partial charge >= 0.3 is 0 Å². The van der Waals surface area contributed by atoms with Crippen LogP contribution in [-0.4, -0.2) is 27.3 Å². The Bertz CT molecular complexity index is 968. The minimum atomic E-state index is -0.261. The van der Waals surface area contributed by atoms with Crippen LogP contribution in [-0.2, 0) is 6.42 Å². The standard InChI is InChI=1S/C22H22FN3O2/c1-15-5-4-6-19(25-15)22(27)26-12-3-2-7-20(26)21-24-14-18(28-21)13-16-8-10-17(23)11-9-16/h4-6,8-11,14,20H,2-3,7,12-13H2,1H3. The fourth-order valence-corrected chi connectivity index (χ4v) is 3.60. The molecule has 0 aliphatic carbocycles. The summed E-state index contributed by atoms with van der Waals surface area (Å²) in [6, 6.07) is 11.6. The highest BCUT2D eigenvalue weighted by Gasteiger charge is 2.32. The first-order valence-electron chi connectivity index (χ1n) is 9.54. The van der Waals surface area contributed by atoms with E-state index in [0.29, 0.717) is 30.3 Å². The van der Waals surface area contributed by atoms with Gasteiger partial charge < -0.3 is 9.32 Å². The number of piperidine rings is 1. The lowest BCUT2D eigenvalue weighted by atomic mass is 10.0. The summed E-state index contributed by atoms with van der Waals surface area (Å²) < 4.78 is 19.1. The Morgan fingerprint density at radius 1 is 1.21 bits per heavy atom. The van der Waals surface area contributed by atoms with E-state index < -0.39 is 0 Å². The number of pyridine rings is 1. The number of hydrogen-bond acceptors (Lipinski definition) is 4. The van der Waals surface area contributed by atoms with E-state index in [-0.39, 0.29) is 17.8 Å². The number of aryl methyl sites for hydroxylation is 1. The number of rotatable bonds is 4. The molecule has 2 aromatic heterocycles. The summed E-state index contributed by atoms with van der Waals surface area (Å²) in [5.41, 5.74) is 2.21. The number of carbonyl (C=O) groups is 1. The molecular weight excluding hydrogens is 357 g/mol. The maximum Gasteiger partial charge on any atom is 0.273 e. The van der Waals surface area contributed by atoms with Crippen LogP contribution in [0.3, 0.4) is 0 Å². The zero-order chi connectivity index (χ0) is 19.5. The van der Waals surface area contributed by atoms with Gasteiger partial charge in [-0.3, -0.25) is 4.79 Å². The summed E-state index contributed by atoms with van der Waals surface area (Å²) in [5, 5.41) is 0. The fraction of sp³-hybridized carbons (Fsp3) is 0.318. The van der Waals surface area contributed by atoms with Crippen molar-refractivity contribution in [2.45, 2.75) is 38.6 Å². The lowest BCUT2D eigenvalue weighted by Crippen LogP contribution is -2.39. The Hall–Kier alpha value is -3.02. The number of aromatic nitrogens is 2. The molecule has 1 aromatic carbocycles. The molecule has 144 valence electrons. The highest BCUT2D eigenvalue weighted by atomic mass is 19.1. The number of halogens is 1. The first kappa shape index (κ1) is 18.3. The highest BCUT2D eigenvalue weighted by Crippen LogP contribution is 2.32. The third kappa shape index (κ3) is 3.96. The van der Waals surface area contributed by atoms with E-state index in [1.807, 2.05) is 24.0 Å². The molecule has 5 nitrogen and oxygen atoms in total. The Balaban J connectivity index is 1.54. The van der Waals surface area contributed by atoms with Gasteiger partial charge in [-0.25, -0.2) is 14.4 Å². The second-order valence-corrected chi connectivity index (χ2v) is 7.14. The van der Waals surface area contributed by atoms with Crippen LogP contribution < -0.4 is 0 Å². The van der Waals surface area contributed by atoms with Crippen LogP contribution in [0.15, 0.2) is 53.1 Å². The molecule has 1 aliphatic heterocycles. The molecule has 4 rings (SSSR count). The number of hydrogen-bond donors (Lipinski definition) is 0. The average Bonchev–Trinajstić information content (AvgIpc) is 3.17. The van der Waals surface area contributed by atoms with Crippen LogP contribution in [0, 0.1) is 12.7 Å². The van der Waals surface area contributed by atoms with E-state index >= 15 is 0 Å². The zero-order valence-corrected chi connectivity index (χ0v) is 15.8. The van der Waals surface area contributed by atoms with Gasteiger partial charge in [-0.2, -0.15) is 0 Å². The van der Waals surface area contributed by atoms with Crippen molar-refractivity contribution in [1.82, 2.24) is 14.9 Å². The Kier molecular flexibility index (Phi) is 5.19. The van der Waals surface area contributed by atoms with Gasteiger partial charge in [0.2, 0.25) is 5.89 Å². The molecular formula is C22H22FN3O2. The summed E-state index contributed by atoms with van der Waals surface area (Å²) in [4.78, 5) is 23.7. The van der Waals surface area contributed by atoms with Crippen LogP contribution in [0.25, 0.3) is 0 Å². The minimum Gasteiger partial charge on any atom is -0.443 e. The SMILES string of the molecule is Cc1cccc(C(=O)N2CCCCC2c2ncc(Cc3ccc(F)cc3)o2)n1. The first-order valence-corrected chi connectivity index (χ1v) is 9.54. The van der Waals surface area contributed by atoms with Gasteiger partial charge in [-0.05, 0) is 56.0 Å². The Labute approximate surface area is 163 Å². The molecule has 0 saturated carbocycles. The molecule has 0 radical (unpaired) electrons. The summed E-state index contributed by atoms with van der Waals surface area (Å²) in [6.07, 6.45) is 5.02. The van der Waals surface area contributed by atoms with E-state index in [1.54, 1.807) is 24.4 Å². The number of benzene rings is 1. The van der Waals surface area contributed by atoms with Crippen LogP contribution in [0.4, 0.5) is 4.39 Å². The van der Waals surface area contributed by atoms with Crippen molar-refractivity contribution in [2.75, 3.05) is 6.54 Å². The number of nitrogens with zero attached hydrogens (tertiary/aromatic N) is 3. The summed E-state index contributed by atoms with van der Waals surface area (Å²) in [5.74, 6) is 0.904. The van der Waals surface area contributed by atoms with Gasteiger partial charge in [0, 0.05) is 18.7 Å². The molecule has 3 aromatic rings. The molecule has 28 heavy (non-hydrogen) atoms. The molecule has 1 atom stereocenters. The normalized spacial score (nSPS) is 16.9.